The van der Waals surface area contributed by atoms with Crippen LogP contribution in [-0.2, 0) is 0 Å². The number of halogens is 2. The Morgan fingerprint density at radius 3 is 2.50 bits per heavy atom. The maximum absolute atomic E-state index is 13.1. The van der Waals surface area contributed by atoms with Gasteiger partial charge in [0.25, 0.3) is 5.69 Å². The summed E-state index contributed by atoms with van der Waals surface area (Å²) in [7, 11) is 0. The number of non-ortho nitro benzene ring substituents is 1. The first-order valence-electron chi connectivity index (χ1n) is 5.42. The molecule has 2 aromatic carbocycles. The topological polar surface area (TPSA) is 79.0 Å². The summed E-state index contributed by atoms with van der Waals surface area (Å²) in [5.74, 6) is -2.02. The first-order valence-corrected chi connectivity index (χ1v) is 5.42. The van der Waals surface area contributed by atoms with Crippen LogP contribution in [0, 0.1) is 33.1 Å². The molecule has 0 aliphatic carbocycles. The molecular formula is C13H7F2N3O2. The van der Waals surface area contributed by atoms with Gasteiger partial charge in [0.2, 0.25) is 0 Å². The van der Waals surface area contributed by atoms with Crippen LogP contribution in [0.4, 0.5) is 25.8 Å². The third kappa shape index (κ3) is 2.70. The van der Waals surface area contributed by atoms with E-state index in [1.807, 2.05) is 0 Å². The molecule has 5 nitrogen and oxygen atoms in total. The van der Waals surface area contributed by atoms with E-state index in [0.29, 0.717) is 0 Å². The summed E-state index contributed by atoms with van der Waals surface area (Å²) in [5, 5.41) is 22.3. The van der Waals surface area contributed by atoms with Gasteiger partial charge in [0.1, 0.15) is 6.07 Å². The van der Waals surface area contributed by atoms with Crippen molar-refractivity contribution in [2.24, 2.45) is 0 Å². The van der Waals surface area contributed by atoms with Gasteiger partial charge in [-0.25, -0.2) is 8.78 Å². The quantitative estimate of drug-likeness (QED) is 0.687. The van der Waals surface area contributed by atoms with Crippen LogP contribution in [0.25, 0.3) is 0 Å². The number of nitrogens with one attached hydrogen (secondary N) is 1. The number of nitro benzene ring substituents is 1. The summed E-state index contributed by atoms with van der Waals surface area (Å²) in [5.41, 5.74) is 0.305. The van der Waals surface area contributed by atoms with Crippen molar-refractivity contribution >= 4 is 17.1 Å². The summed E-state index contributed by atoms with van der Waals surface area (Å²) in [6, 6.07) is 8.61. The van der Waals surface area contributed by atoms with Crippen LogP contribution < -0.4 is 5.32 Å². The molecule has 100 valence electrons. The second-order valence-electron chi connectivity index (χ2n) is 3.85. The zero-order valence-electron chi connectivity index (χ0n) is 9.93. The Labute approximate surface area is 112 Å². The molecule has 0 saturated carbocycles. The molecule has 0 aliphatic rings. The molecule has 0 heterocycles. The standard InChI is InChI=1S/C13H7F2N3O2/c14-11-3-1-9(6-12(11)15)17-13-4-2-10(18(19)20)5-8(13)7-16/h1-6,17H. The second kappa shape index (κ2) is 5.32. The molecule has 2 aromatic rings. The maximum Gasteiger partial charge on any atom is 0.270 e. The van der Waals surface area contributed by atoms with Crippen LogP contribution in [0.15, 0.2) is 36.4 Å². The zero-order valence-corrected chi connectivity index (χ0v) is 9.93. The van der Waals surface area contributed by atoms with Gasteiger partial charge in [0.05, 0.1) is 16.2 Å². The van der Waals surface area contributed by atoms with E-state index in [1.165, 1.54) is 18.2 Å². The van der Waals surface area contributed by atoms with Gasteiger partial charge < -0.3 is 5.32 Å². The summed E-state index contributed by atoms with van der Waals surface area (Å²) in [6.07, 6.45) is 0. The van der Waals surface area contributed by atoms with Crippen molar-refractivity contribution in [3.63, 3.8) is 0 Å². The highest BCUT2D eigenvalue weighted by atomic mass is 19.2. The molecule has 0 fully saturated rings. The highest BCUT2D eigenvalue weighted by molar-refractivity contribution is 5.68. The zero-order chi connectivity index (χ0) is 14.7. The van der Waals surface area contributed by atoms with Crippen molar-refractivity contribution in [2.75, 3.05) is 5.32 Å². The predicted molar refractivity (Wildman–Crippen MR) is 67.5 cm³/mol. The smallest absolute Gasteiger partial charge is 0.270 e. The van der Waals surface area contributed by atoms with E-state index in [4.69, 9.17) is 5.26 Å². The third-order valence-electron chi connectivity index (χ3n) is 2.53. The minimum absolute atomic E-state index is 0.0314. The monoisotopic (exact) mass is 275 g/mol. The van der Waals surface area contributed by atoms with E-state index < -0.39 is 16.6 Å². The highest BCUT2D eigenvalue weighted by Crippen LogP contribution is 2.25. The average Bonchev–Trinajstić information content (AvgIpc) is 2.43. The van der Waals surface area contributed by atoms with Gasteiger partial charge in [-0.1, -0.05) is 0 Å². The van der Waals surface area contributed by atoms with Crippen LogP contribution in [0.3, 0.4) is 0 Å². The molecule has 0 saturated heterocycles. The highest BCUT2D eigenvalue weighted by Gasteiger charge is 2.11. The molecule has 0 radical (unpaired) electrons. The lowest BCUT2D eigenvalue weighted by Gasteiger charge is -2.08. The van der Waals surface area contributed by atoms with Crippen molar-refractivity contribution in [1.29, 1.82) is 5.26 Å². The first kappa shape index (κ1) is 13.4. The molecule has 1 N–H and O–H groups in total. The van der Waals surface area contributed by atoms with Gasteiger partial charge in [-0.05, 0) is 18.2 Å². The lowest BCUT2D eigenvalue weighted by Crippen LogP contribution is -1.97. The predicted octanol–water partition coefficient (Wildman–Crippen LogP) is 3.49. The number of nitrogens with zero attached hydrogens (tertiary/aromatic N) is 2. The molecule has 0 aromatic heterocycles. The van der Waals surface area contributed by atoms with Crippen molar-refractivity contribution < 1.29 is 13.7 Å². The van der Waals surface area contributed by atoms with Crippen molar-refractivity contribution in [1.82, 2.24) is 0 Å². The summed E-state index contributed by atoms with van der Waals surface area (Å²) >= 11 is 0. The Balaban J connectivity index is 2.36. The van der Waals surface area contributed by atoms with Crippen molar-refractivity contribution in [3.05, 3.63) is 63.7 Å². The van der Waals surface area contributed by atoms with E-state index in [-0.39, 0.29) is 22.6 Å². The Bertz CT molecular complexity index is 726. The van der Waals surface area contributed by atoms with Crippen LogP contribution in [0.1, 0.15) is 5.56 Å². The average molecular weight is 275 g/mol. The second-order valence-corrected chi connectivity index (χ2v) is 3.85. The molecule has 0 unspecified atom stereocenters. The van der Waals surface area contributed by atoms with Gasteiger partial charge in [-0.3, -0.25) is 10.1 Å². The Kier molecular flexibility index (Phi) is 3.57. The fourth-order valence-electron chi connectivity index (χ4n) is 1.58. The number of anilines is 2. The molecule has 7 heteroatoms. The molecular weight excluding hydrogens is 268 g/mol. The lowest BCUT2D eigenvalue weighted by atomic mass is 10.1. The number of nitro groups is 1. The summed E-state index contributed by atoms with van der Waals surface area (Å²) in [6.45, 7) is 0. The van der Waals surface area contributed by atoms with Crippen LogP contribution in [0.2, 0.25) is 0 Å². The Morgan fingerprint density at radius 1 is 1.15 bits per heavy atom. The normalized spacial score (nSPS) is 9.85. The van der Waals surface area contributed by atoms with Gasteiger partial charge in [0, 0.05) is 23.9 Å². The number of benzene rings is 2. The lowest BCUT2D eigenvalue weighted by molar-refractivity contribution is -0.384. The number of nitriles is 1. The van der Waals surface area contributed by atoms with Crippen molar-refractivity contribution in [2.45, 2.75) is 0 Å². The van der Waals surface area contributed by atoms with E-state index in [0.717, 1.165) is 18.2 Å². The third-order valence-corrected chi connectivity index (χ3v) is 2.53. The molecule has 2 rings (SSSR count). The van der Waals surface area contributed by atoms with Gasteiger partial charge in [-0.15, -0.1) is 0 Å². The molecule has 0 atom stereocenters. The van der Waals surface area contributed by atoms with Crippen LogP contribution in [-0.4, -0.2) is 4.92 Å². The Morgan fingerprint density at radius 2 is 1.90 bits per heavy atom. The Hall–Kier alpha value is -3.01. The van der Waals surface area contributed by atoms with Gasteiger partial charge in [0.15, 0.2) is 11.6 Å². The molecule has 0 amide bonds. The van der Waals surface area contributed by atoms with Gasteiger partial charge >= 0.3 is 0 Å². The van der Waals surface area contributed by atoms with E-state index >= 15 is 0 Å². The maximum atomic E-state index is 13.1. The van der Waals surface area contributed by atoms with E-state index in [2.05, 4.69) is 5.32 Å². The number of rotatable bonds is 3. The molecule has 20 heavy (non-hydrogen) atoms. The molecule has 0 spiro atoms. The largest absolute Gasteiger partial charge is 0.354 e. The molecule has 0 aliphatic heterocycles. The fraction of sp³-hybridized carbons (Fsp3) is 0. The van der Waals surface area contributed by atoms with E-state index in [1.54, 1.807) is 6.07 Å². The number of hydrogen-bond acceptors (Lipinski definition) is 4. The number of hydrogen-bond donors (Lipinski definition) is 1. The van der Waals surface area contributed by atoms with Crippen LogP contribution >= 0.6 is 0 Å². The summed E-state index contributed by atoms with van der Waals surface area (Å²) < 4.78 is 25.9. The minimum atomic E-state index is -1.03. The molecule has 0 bridgehead atoms. The van der Waals surface area contributed by atoms with E-state index in [9.17, 15) is 18.9 Å². The van der Waals surface area contributed by atoms with Gasteiger partial charge in [-0.2, -0.15) is 5.26 Å². The minimum Gasteiger partial charge on any atom is -0.354 e. The summed E-state index contributed by atoms with van der Waals surface area (Å²) in [4.78, 5) is 9.98. The van der Waals surface area contributed by atoms with Crippen molar-refractivity contribution in [3.8, 4) is 6.07 Å². The fourth-order valence-corrected chi connectivity index (χ4v) is 1.58. The van der Waals surface area contributed by atoms with Crippen LogP contribution in [0.5, 0.6) is 0 Å². The SMILES string of the molecule is N#Cc1cc([N+](=O)[O-])ccc1Nc1ccc(F)c(F)c1. The first-order chi connectivity index (χ1) is 9.51.